The molecule has 0 unspecified atom stereocenters. The Labute approximate surface area is 159 Å². The van der Waals surface area contributed by atoms with Crippen molar-refractivity contribution in [1.29, 1.82) is 0 Å². The van der Waals surface area contributed by atoms with Crippen molar-refractivity contribution in [2.75, 3.05) is 11.9 Å². The quantitative estimate of drug-likeness (QED) is 0.649. The third-order valence-electron chi connectivity index (χ3n) is 4.63. The number of rotatable bonds is 5. The summed E-state index contributed by atoms with van der Waals surface area (Å²) in [6.45, 7) is 2.11. The van der Waals surface area contributed by atoms with Crippen molar-refractivity contribution in [3.63, 3.8) is 0 Å². The number of halogens is 1. The van der Waals surface area contributed by atoms with Gasteiger partial charge in [0.15, 0.2) is 5.65 Å². The Balaban J connectivity index is 1.32. The van der Waals surface area contributed by atoms with Gasteiger partial charge in [0.25, 0.3) is 0 Å². The molecule has 0 saturated heterocycles. The summed E-state index contributed by atoms with van der Waals surface area (Å²) in [5, 5.41) is 8.47. The first kappa shape index (κ1) is 17.0. The van der Waals surface area contributed by atoms with Gasteiger partial charge in [0, 0.05) is 33.1 Å². The first-order valence-corrected chi connectivity index (χ1v) is 9.34. The van der Waals surface area contributed by atoms with E-state index in [1.165, 1.54) is 17.5 Å². The van der Waals surface area contributed by atoms with Crippen LogP contribution in [-0.2, 0) is 24.9 Å². The lowest BCUT2D eigenvalue weighted by atomic mass is 10.1. The number of aromatic nitrogens is 4. The highest BCUT2D eigenvalue weighted by Gasteiger charge is 2.22. The average Bonchev–Trinajstić information content (AvgIpc) is 3.20. The van der Waals surface area contributed by atoms with E-state index in [1.54, 1.807) is 4.68 Å². The molecule has 0 atom stereocenters. The van der Waals surface area contributed by atoms with Gasteiger partial charge in [-0.05, 0) is 33.5 Å². The molecule has 134 valence electrons. The number of benzene rings is 1. The third kappa shape index (κ3) is 3.16. The molecule has 0 aliphatic carbocycles. The molecular formula is C18H19BrN6O. The third-order valence-corrected chi connectivity index (χ3v) is 5.19. The lowest BCUT2D eigenvalue weighted by molar-refractivity contribution is -0.131. The topological polar surface area (TPSA) is 75.9 Å². The molecule has 2 aromatic heterocycles. The molecule has 1 N–H and O–H groups in total. The van der Waals surface area contributed by atoms with E-state index in [4.69, 9.17) is 0 Å². The van der Waals surface area contributed by atoms with Crippen molar-refractivity contribution < 1.29 is 4.79 Å². The summed E-state index contributed by atoms with van der Waals surface area (Å²) in [4.78, 5) is 22.9. The number of carbonyl (C=O) groups excluding carboxylic acids is 1. The Morgan fingerprint density at radius 3 is 2.69 bits per heavy atom. The summed E-state index contributed by atoms with van der Waals surface area (Å²) < 4.78 is 2.42. The van der Waals surface area contributed by atoms with Gasteiger partial charge in [-0.15, -0.1) is 0 Å². The predicted molar refractivity (Wildman–Crippen MR) is 102 cm³/mol. The van der Waals surface area contributed by atoms with Crippen LogP contribution in [0.4, 0.5) is 5.82 Å². The van der Waals surface area contributed by atoms with Crippen LogP contribution in [0.15, 0.2) is 35.2 Å². The van der Waals surface area contributed by atoms with Gasteiger partial charge in [-0.1, -0.05) is 24.3 Å². The van der Waals surface area contributed by atoms with E-state index in [0.717, 1.165) is 36.4 Å². The van der Waals surface area contributed by atoms with Gasteiger partial charge >= 0.3 is 0 Å². The summed E-state index contributed by atoms with van der Waals surface area (Å²) in [6, 6.07) is 8.23. The minimum atomic E-state index is 0.193. The molecule has 8 heteroatoms. The Bertz CT molecular complexity index is 944. The molecule has 26 heavy (non-hydrogen) atoms. The highest BCUT2D eigenvalue weighted by molar-refractivity contribution is 9.10. The highest BCUT2D eigenvalue weighted by Crippen LogP contribution is 2.27. The number of fused-ring (bicyclic) bond motifs is 2. The van der Waals surface area contributed by atoms with E-state index in [-0.39, 0.29) is 5.91 Å². The fourth-order valence-corrected chi connectivity index (χ4v) is 3.89. The van der Waals surface area contributed by atoms with E-state index < -0.39 is 0 Å². The molecule has 1 aliphatic heterocycles. The minimum absolute atomic E-state index is 0.193. The number of nitrogens with zero attached hydrogens (tertiary/aromatic N) is 5. The van der Waals surface area contributed by atoms with Crippen LogP contribution in [0.1, 0.15) is 24.0 Å². The van der Waals surface area contributed by atoms with E-state index in [9.17, 15) is 4.79 Å². The predicted octanol–water partition coefficient (Wildman–Crippen LogP) is 2.86. The molecule has 0 saturated carbocycles. The van der Waals surface area contributed by atoms with Gasteiger partial charge in [-0.25, -0.2) is 14.6 Å². The minimum Gasteiger partial charge on any atom is -0.369 e. The van der Waals surface area contributed by atoms with E-state index in [0.29, 0.717) is 17.6 Å². The molecule has 0 bridgehead atoms. The van der Waals surface area contributed by atoms with Crippen LogP contribution in [-0.4, -0.2) is 37.1 Å². The van der Waals surface area contributed by atoms with Gasteiger partial charge in [0.05, 0.1) is 5.39 Å². The van der Waals surface area contributed by atoms with Gasteiger partial charge in [-0.2, -0.15) is 5.10 Å². The Hall–Kier alpha value is -2.48. The zero-order valence-corrected chi connectivity index (χ0v) is 16.0. The number of hydrogen-bond donors (Lipinski definition) is 1. The Morgan fingerprint density at radius 1 is 1.23 bits per heavy atom. The van der Waals surface area contributed by atoms with Crippen molar-refractivity contribution in [3.05, 3.63) is 46.3 Å². The van der Waals surface area contributed by atoms with Crippen LogP contribution in [0.3, 0.4) is 0 Å². The Kier molecular flexibility index (Phi) is 4.58. The zero-order chi connectivity index (χ0) is 18.1. The second-order valence-electron chi connectivity index (χ2n) is 6.38. The van der Waals surface area contributed by atoms with Crippen LogP contribution in [0, 0.1) is 0 Å². The zero-order valence-electron chi connectivity index (χ0n) is 14.4. The second-order valence-corrected chi connectivity index (χ2v) is 7.14. The average molecular weight is 415 g/mol. The number of anilines is 1. The maximum atomic E-state index is 12.4. The Morgan fingerprint density at radius 2 is 1.96 bits per heavy atom. The lowest BCUT2D eigenvalue weighted by Crippen LogP contribution is -2.25. The normalized spacial score (nSPS) is 13.2. The smallest absolute Gasteiger partial charge is 0.223 e. The standard InChI is InChI=1S/C18H19BrN6O/c1-24-18-15(16(19)23-24)17(21-11-22-18)20-8-4-7-14(26)25-9-12-5-2-3-6-13(12)10-25/h2-3,5-6,11H,4,7-10H2,1H3,(H,20,21,22). The number of carbonyl (C=O) groups is 1. The fraction of sp³-hybridized carbons (Fsp3) is 0.333. The molecule has 0 fully saturated rings. The molecular weight excluding hydrogens is 396 g/mol. The largest absolute Gasteiger partial charge is 0.369 e. The van der Waals surface area contributed by atoms with Crippen molar-refractivity contribution in [3.8, 4) is 0 Å². The van der Waals surface area contributed by atoms with Gasteiger partial charge in [0.1, 0.15) is 16.7 Å². The first-order valence-electron chi connectivity index (χ1n) is 8.55. The maximum Gasteiger partial charge on any atom is 0.223 e. The summed E-state index contributed by atoms with van der Waals surface area (Å²) in [5.41, 5.74) is 3.27. The molecule has 4 rings (SSSR count). The number of aryl methyl sites for hydroxylation is 1. The highest BCUT2D eigenvalue weighted by atomic mass is 79.9. The van der Waals surface area contributed by atoms with Crippen LogP contribution in [0.5, 0.6) is 0 Å². The summed E-state index contributed by atoms with van der Waals surface area (Å²) in [7, 11) is 1.84. The van der Waals surface area contributed by atoms with Crippen LogP contribution < -0.4 is 5.32 Å². The summed E-state index contributed by atoms with van der Waals surface area (Å²) >= 11 is 3.45. The van der Waals surface area contributed by atoms with Crippen LogP contribution in [0.2, 0.25) is 0 Å². The molecule has 7 nitrogen and oxygen atoms in total. The van der Waals surface area contributed by atoms with Gasteiger partial charge < -0.3 is 10.2 Å². The monoisotopic (exact) mass is 414 g/mol. The van der Waals surface area contributed by atoms with E-state index >= 15 is 0 Å². The molecule has 0 radical (unpaired) electrons. The van der Waals surface area contributed by atoms with Crippen molar-refractivity contribution >= 4 is 38.7 Å². The van der Waals surface area contributed by atoms with Crippen LogP contribution >= 0.6 is 15.9 Å². The van der Waals surface area contributed by atoms with Crippen molar-refractivity contribution in [2.24, 2.45) is 7.05 Å². The van der Waals surface area contributed by atoms with Gasteiger partial charge in [-0.3, -0.25) is 4.79 Å². The molecule has 3 aromatic rings. The van der Waals surface area contributed by atoms with Crippen molar-refractivity contribution in [2.45, 2.75) is 25.9 Å². The first-order chi connectivity index (χ1) is 12.6. The summed E-state index contributed by atoms with van der Waals surface area (Å²) in [5.74, 6) is 0.925. The number of nitrogens with one attached hydrogen (secondary N) is 1. The van der Waals surface area contributed by atoms with Gasteiger partial charge in [0.2, 0.25) is 5.91 Å². The second kappa shape index (κ2) is 7.03. The molecule has 1 aliphatic rings. The van der Waals surface area contributed by atoms with Crippen molar-refractivity contribution in [1.82, 2.24) is 24.6 Å². The molecule has 3 heterocycles. The van der Waals surface area contributed by atoms with Crippen LogP contribution in [0.25, 0.3) is 11.0 Å². The molecule has 1 amide bonds. The number of amides is 1. The molecule has 0 spiro atoms. The van der Waals surface area contributed by atoms with E-state index in [1.807, 2.05) is 24.1 Å². The number of hydrogen-bond acceptors (Lipinski definition) is 5. The SMILES string of the molecule is Cn1nc(Br)c2c(NCCCC(=O)N3Cc4ccccc4C3)ncnc21. The maximum absolute atomic E-state index is 12.4. The summed E-state index contributed by atoms with van der Waals surface area (Å²) in [6.07, 6.45) is 2.78. The lowest BCUT2D eigenvalue weighted by Gasteiger charge is -2.15. The molecule has 1 aromatic carbocycles. The van der Waals surface area contributed by atoms with E-state index in [2.05, 4.69) is 48.4 Å². The fourth-order valence-electron chi connectivity index (χ4n) is 3.29.